The second-order valence-corrected chi connectivity index (χ2v) is 4.62. The number of methoxy groups -OCH3 is 1. The van der Waals surface area contributed by atoms with E-state index < -0.39 is 0 Å². The molecule has 0 fully saturated rings. The Morgan fingerprint density at radius 3 is 2.67 bits per heavy atom. The predicted molar refractivity (Wildman–Crippen MR) is 78.1 cm³/mol. The summed E-state index contributed by atoms with van der Waals surface area (Å²) in [5.41, 5.74) is 2.53. The first-order chi connectivity index (χ1) is 10.2. The normalized spacial score (nSPS) is 10.6. The van der Waals surface area contributed by atoms with Crippen LogP contribution >= 0.6 is 0 Å². The first kappa shape index (κ1) is 13.2. The van der Waals surface area contributed by atoms with Gasteiger partial charge in [-0.1, -0.05) is 29.4 Å². The summed E-state index contributed by atoms with van der Waals surface area (Å²) >= 11 is 0. The average Bonchev–Trinajstić information content (AvgIpc) is 2.97. The molecule has 1 heterocycles. The smallest absolute Gasteiger partial charge is 0.262 e. The number of aromatic nitrogens is 2. The van der Waals surface area contributed by atoms with Gasteiger partial charge < -0.3 is 14.4 Å². The Labute approximate surface area is 121 Å². The molecule has 0 amide bonds. The van der Waals surface area contributed by atoms with Gasteiger partial charge in [0.1, 0.15) is 11.5 Å². The quantitative estimate of drug-likeness (QED) is 0.797. The van der Waals surface area contributed by atoms with Crippen LogP contribution in [0, 0.1) is 6.92 Å². The van der Waals surface area contributed by atoms with E-state index in [0.717, 1.165) is 11.1 Å². The number of nitrogens with zero attached hydrogens (tertiary/aromatic N) is 2. The molecule has 0 aliphatic heterocycles. The molecule has 0 unspecified atom stereocenters. The van der Waals surface area contributed by atoms with Crippen LogP contribution in [0.2, 0.25) is 0 Å². The second kappa shape index (κ2) is 5.28. The van der Waals surface area contributed by atoms with Crippen molar-refractivity contribution in [2.75, 3.05) is 7.11 Å². The minimum absolute atomic E-state index is 0.112. The summed E-state index contributed by atoms with van der Waals surface area (Å²) < 4.78 is 10.6. The number of hydrogen-bond donors (Lipinski definition) is 1. The van der Waals surface area contributed by atoms with Gasteiger partial charge in [0.05, 0.1) is 12.7 Å². The van der Waals surface area contributed by atoms with Crippen molar-refractivity contribution >= 4 is 0 Å². The fourth-order valence-electron chi connectivity index (χ4n) is 2.13. The standard InChI is InChI=1S/C16H14N2O3/c1-10-5-3-4-6-12(10)15-17-16(21-18-15)13-9-11(19)7-8-14(13)20-2/h3-9,19H,1-2H3. The number of aromatic hydroxyl groups is 1. The minimum atomic E-state index is 0.112. The molecule has 3 aromatic rings. The Morgan fingerprint density at radius 1 is 1.10 bits per heavy atom. The molecule has 5 nitrogen and oxygen atoms in total. The number of hydrogen-bond acceptors (Lipinski definition) is 5. The van der Waals surface area contributed by atoms with Crippen LogP contribution < -0.4 is 4.74 Å². The lowest BCUT2D eigenvalue weighted by Crippen LogP contribution is -1.88. The largest absolute Gasteiger partial charge is 0.508 e. The Balaban J connectivity index is 2.07. The molecule has 21 heavy (non-hydrogen) atoms. The SMILES string of the molecule is COc1ccc(O)cc1-c1nc(-c2ccccc2C)no1. The van der Waals surface area contributed by atoms with Gasteiger partial charge in [-0.3, -0.25) is 0 Å². The van der Waals surface area contributed by atoms with E-state index in [9.17, 15) is 5.11 Å². The summed E-state index contributed by atoms with van der Waals surface area (Å²) in [7, 11) is 1.55. The second-order valence-electron chi connectivity index (χ2n) is 4.62. The van der Waals surface area contributed by atoms with Gasteiger partial charge in [0.15, 0.2) is 0 Å². The van der Waals surface area contributed by atoms with E-state index in [0.29, 0.717) is 23.0 Å². The molecule has 1 N–H and O–H groups in total. The molecule has 2 aromatic carbocycles. The molecule has 0 aliphatic carbocycles. The molecular weight excluding hydrogens is 268 g/mol. The van der Waals surface area contributed by atoms with Crippen LogP contribution in [0.15, 0.2) is 47.0 Å². The topological polar surface area (TPSA) is 68.4 Å². The Hall–Kier alpha value is -2.82. The summed E-state index contributed by atoms with van der Waals surface area (Å²) in [5, 5.41) is 13.6. The van der Waals surface area contributed by atoms with Crippen LogP contribution in [0.5, 0.6) is 11.5 Å². The van der Waals surface area contributed by atoms with E-state index in [1.165, 1.54) is 6.07 Å². The molecule has 0 saturated carbocycles. The van der Waals surface area contributed by atoms with E-state index in [2.05, 4.69) is 10.1 Å². The van der Waals surface area contributed by atoms with Crippen molar-refractivity contribution in [3.63, 3.8) is 0 Å². The molecule has 0 radical (unpaired) electrons. The van der Waals surface area contributed by atoms with E-state index in [1.54, 1.807) is 19.2 Å². The molecule has 0 saturated heterocycles. The van der Waals surface area contributed by atoms with Gasteiger partial charge in [0, 0.05) is 5.56 Å². The summed E-state index contributed by atoms with van der Waals surface area (Å²) in [6, 6.07) is 12.5. The van der Waals surface area contributed by atoms with Gasteiger partial charge in [-0.15, -0.1) is 0 Å². The van der Waals surface area contributed by atoms with E-state index in [-0.39, 0.29) is 5.75 Å². The lowest BCUT2D eigenvalue weighted by atomic mass is 10.1. The predicted octanol–water partition coefficient (Wildman–Crippen LogP) is 3.43. The van der Waals surface area contributed by atoms with Crippen LogP contribution in [0.4, 0.5) is 0 Å². The zero-order valence-corrected chi connectivity index (χ0v) is 11.7. The fraction of sp³-hybridized carbons (Fsp3) is 0.125. The summed E-state index contributed by atoms with van der Waals surface area (Å²) in [6.07, 6.45) is 0. The molecule has 5 heteroatoms. The van der Waals surface area contributed by atoms with Crippen molar-refractivity contribution < 1.29 is 14.4 Å². The zero-order valence-electron chi connectivity index (χ0n) is 11.7. The van der Waals surface area contributed by atoms with Crippen LogP contribution in [0.1, 0.15) is 5.56 Å². The highest BCUT2D eigenvalue weighted by Gasteiger charge is 2.16. The average molecular weight is 282 g/mol. The molecule has 0 spiro atoms. The van der Waals surface area contributed by atoms with Gasteiger partial charge in [-0.05, 0) is 30.7 Å². The van der Waals surface area contributed by atoms with E-state index >= 15 is 0 Å². The zero-order chi connectivity index (χ0) is 14.8. The van der Waals surface area contributed by atoms with Crippen molar-refractivity contribution in [2.24, 2.45) is 0 Å². The van der Waals surface area contributed by atoms with Gasteiger partial charge >= 0.3 is 0 Å². The lowest BCUT2D eigenvalue weighted by Gasteiger charge is -2.04. The van der Waals surface area contributed by atoms with Crippen LogP contribution in [0.25, 0.3) is 22.8 Å². The third kappa shape index (κ3) is 2.45. The maximum Gasteiger partial charge on any atom is 0.262 e. The van der Waals surface area contributed by atoms with E-state index in [1.807, 2.05) is 31.2 Å². The number of benzene rings is 2. The summed E-state index contributed by atoms with van der Waals surface area (Å²) in [6.45, 7) is 1.99. The highest BCUT2D eigenvalue weighted by atomic mass is 16.5. The molecule has 0 atom stereocenters. The van der Waals surface area contributed by atoms with Gasteiger partial charge in [-0.25, -0.2) is 0 Å². The maximum atomic E-state index is 9.62. The van der Waals surface area contributed by atoms with Crippen LogP contribution in [-0.4, -0.2) is 22.4 Å². The minimum Gasteiger partial charge on any atom is -0.508 e. The number of rotatable bonds is 3. The third-order valence-corrected chi connectivity index (χ3v) is 3.23. The first-order valence-corrected chi connectivity index (χ1v) is 6.46. The number of aryl methyl sites for hydroxylation is 1. The first-order valence-electron chi connectivity index (χ1n) is 6.46. The molecular formula is C16H14N2O3. The van der Waals surface area contributed by atoms with Gasteiger partial charge in [0.25, 0.3) is 5.89 Å². The summed E-state index contributed by atoms with van der Waals surface area (Å²) in [5.74, 6) is 1.49. The summed E-state index contributed by atoms with van der Waals surface area (Å²) in [4.78, 5) is 4.39. The molecule has 106 valence electrons. The molecule has 1 aromatic heterocycles. The van der Waals surface area contributed by atoms with Crippen molar-refractivity contribution in [3.8, 4) is 34.3 Å². The molecule has 0 bridgehead atoms. The van der Waals surface area contributed by atoms with Crippen LogP contribution in [-0.2, 0) is 0 Å². The van der Waals surface area contributed by atoms with Crippen molar-refractivity contribution in [1.82, 2.24) is 10.1 Å². The number of phenols is 1. The molecule has 3 rings (SSSR count). The fourth-order valence-corrected chi connectivity index (χ4v) is 2.13. The number of phenolic OH excluding ortho intramolecular Hbond substituents is 1. The Morgan fingerprint density at radius 2 is 1.90 bits per heavy atom. The van der Waals surface area contributed by atoms with Gasteiger partial charge in [0.2, 0.25) is 5.82 Å². The highest BCUT2D eigenvalue weighted by Crippen LogP contribution is 2.33. The Kier molecular flexibility index (Phi) is 3.31. The highest BCUT2D eigenvalue weighted by molar-refractivity contribution is 5.67. The third-order valence-electron chi connectivity index (χ3n) is 3.23. The van der Waals surface area contributed by atoms with Crippen molar-refractivity contribution in [2.45, 2.75) is 6.92 Å². The van der Waals surface area contributed by atoms with Crippen LogP contribution in [0.3, 0.4) is 0 Å². The lowest BCUT2D eigenvalue weighted by molar-refractivity contribution is 0.403. The molecule has 0 aliphatic rings. The number of ether oxygens (including phenoxy) is 1. The van der Waals surface area contributed by atoms with Crippen molar-refractivity contribution in [1.29, 1.82) is 0 Å². The van der Waals surface area contributed by atoms with E-state index in [4.69, 9.17) is 9.26 Å². The monoisotopic (exact) mass is 282 g/mol. The van der Waals surface area contributed by atoms with Gasteiger partial charge in [-0.2, -0.15) is 4.98 Å². The maximum absolute atomic E-state index is 9.62. The van der Waals surface area contributed by atoms with Crippen molar-refractivity contribution in [3.05, 3.63) is 48.0 Å². The Bertz CT molecular complexity index is 781.